The van der Waals surface area contributed by atoms with E-state index >= 15 is 0 Å². The fraction of sp³-hybridized carbons (Fsp3) is 0.350. The number of hydrogen-bond donors (Lipinski definition) is 0. The van der Waals surface area contributed by atoms with Crippen LogP contribution in [-0.4, -0.2) is 17.8 Å². The van der Waals surface area contributed by atoms with Gasteiger partial charge in [0.25, 0.3) is 0 Å². The fourth-order valence-electron chi connectivity index (χ4n) is 3.88. The molecule has 1 aromatic heterocycles. The number of amides is 2. The molecule has 2 amide bonds. The van der Waals surface area contributed by atoms with Crippen LogP contribution in [-0.2, 0) is 9.59 Å². The molecule has 1 saturated heterocycles. The first-order valence-corrected chi connectivity index (χ1v) is 9.66. The Balaban J connectivity index is 1.57. The molecule has 1 aliphatic heterocycles. The minimum absolute atomic E-state index is 0.131. The van der Waals surface area contributed by atoms with Gasteiger partial charge in [-0.3, -0.25) is 9.59 Å². The minimum Gasteiger partial charge on any atom is -0.422 e. The topological polar surface area (TPSA) is 63.7 Å². The van der Waals surface area contributed by atoms with Crippen molar-refractivity contribution in [3.63, 3.8) is 0 Å². The molecular formula is C20H19NO4S. The van der Waals surface area contributed by atoms with Gasteiger partial charge in [0, 0.05) is 6.07 Å². The van der Waals surface area contributed by atoms with Gasteiger partial charge in [-0.15, -0.1) is 11.3 Å². The molecule has 1 aliphatic carbocycles. The van der Waals surface area contributed by atoms with Gasteiger partial charge >= 0.3 is 5.97 Å². The van der Waals surface area contributed by atoms with Crippen LogP contribution >= 0.6 is 11.3 Å². The van der Waals surface area contributed by atoms with Crippen molar-refractivity contribution in [3.8, 4) is 5.75 Å². The number of esters is 1. The van der Waals surface area contributed by atoms with E-state index in [-0.39, 0.29) is 23.7 Å². The number of nitrogens with zero attached hydrogens (tertiary/aromatic N) is 1. The van der Waals surface area contributed by atoms with Crippen molar-refractivity contribution in [2.24, 2.45) is 17.8 Å². The lowest BCUT2D eigenvalue weighted by molar-refractivity contribution is -0.122. The monoisotopic (exact) mass is 369 g/mol. The first kappa shape index (κ1) is 17.0. The quantitative estimate of drug-likeness (QED) is 0.468. The number of ether oxygens (including phenoxy) is 1. The molecule has 6 heteroatoms. The molecular weight excluding hydrogens is 350 g/mol. The average Bonchev–Trinajstić information content (AvgIpc) is 3.23. The summed E-state index contributed by atoms with van der Waals surface area (Å²) in [5, 5.41) is 1.80. The Hall–Kier alpha value is -2.47. The third-order valence-electron chi connectivity index (χ3n) is 5.20. The number of carbonyl (C=O) groups excluding carboxylic acids is 3. The zero-order chi connectivity index (χ0) is 18.3. The lowest BCUT2D eigenvalue weighted by atomic mass is 9.76. The van der Waals surface area contributed by atoms with E-state index < -0.39 is 5.97 Å². The van der Waals surface area contributed by atoms with Crippen LogP contribution in [0.2, 0.25) is 0 Å². The van der Waals surface area contributed by atoms with Crippen LogP contribution in [0.3, 0.4) is 0 Å². The van der Waals surface area contributed by atoms with Gasteiger partial charge in [0.1, 0.15) is 10.6 Å². The van der Waals surface area contributed by atoms with Crippen molar-refractivity contribution in [2.75, 3.05) is 4.90 Å². The normalized spacial score (nSPS) is 25.3. The molecule has 0 unspecified atom stereocenters. The predicted molar refractivity (Wildman–Crippen MR) is 98.2 cm³/mol. The van der Waals surface area contributed by atoms with E-state index in [2.05, 4.69) is 6.92 Å². The minimum atomic E-state index is -0.446. The number of fused-ring (bicyclic) bond motifs is 1. The van der Waals surface area contributed by atoms with Crippen LogP contribution in [0.25, 0.3) is 0 Å². The Morgan fingerprint density at radius 2 is 1.92 bits per heavy atom. The summed E-state index contributed by atoms with van der Waals surface area (Å²) in [6, 6.07) is 10.1. The van der Waals surface area contributed by atoms with E-state index in [0.29, 0.717) is 22.2 Å². The molecule has 1 aromatic carbocycles. The maximum absolute atomic E-state index is 12.8. The fourth-order valence-corrected chi connectivity index (χ4v) is 4.48. The highest BCUT2D eigenvalue weighted by Crippen LogP contribution is 2.42. The molecule has 2 aromatic rings. The number of benzene rings is 1. The highest BCUT2D eigenvalue weighted by atomic mass is 32.1. The van der Waals surface area contributed by atoms with Crippen LogP contribution in [0, 0.1) is 17.8 Å². The lowest BCUT2D eigenvalue weighted by Crippen LogP contribution is -2.30. The second-order valence-electron chi connectivity index (χ2n) is 7.01. The Morgan fingerprint density at radius 1 is 1.12 bits per heavy atom. The Morgan fingerprint density at radius 3 is 2.69 bits per heavy atom. The molecule has 2 heterocycles. The van der Waals surface area contributed by atoms with Crippen LogP contribution < -0.4 is 9.64 Å². The molecule has 0 bridgehead atoms. The summed E-state index contributed by atoms with van der Waals surface area (Å²) in [7, 11) is 0. The SMILES string of the molecule is C[C@H]1CC[C@@H]2C(=O)N(c3cccc(OC(=O)c4cccs4)c3)C(=O)[C@@H]2C1. The smallest absolute Gasteiger partial charge is 0.353 e. The second kappa shape index (κ2) is 6.68. The maximum atomic E-state index is 12.8. The summed E-state index contributed by atoms with van der Waals surface area (Å²) in [6.45, 7) is 2.13. The highest BCUT2D eigenvalue weighted by Gasteiger charge is 2.50. The van der Waals surface area contributed by atoms with Crippen LogP contribution in [0.5, 0.6) is 5.75 Å². The zero-order valence-electron chi connectivity index (χ0n) is 14.4. The van der Waals surface area contributed by atoms with Crippen molar-refractivity contribution in [1.82, 2.24) is 0 Å². The van der Waals surface area contributed by atoms with E-state index in [1.165, 1.54) is 16.2 Å². The number of anilines is 1. The third-order valence-corrected chi connectivity index (χ3v) is 6.05. The summed E-state index contributed by atoms with van der Waals surface area (Å²) >= 11 is 1.30. The van der Waals surface area contributed by atoms with E-state index in [0.717, 1.165) is 19.3 Å². The Bertz CT molecular complexity index is 860. The summed E-state index contributed by atoms with van der Waals surface area (Å²) in [6.07, 6.45) is 2.51. The number of thiophene rings is 1. The highest BCUT2D eigenvalue weighted by molar-refractivity contribution is 7.12. The second-order valence-corrected chi connectivity index (χ2v) is 7.95. The molecule has 0 spiro atoms. The molecule has 26 heavy (non-hydrogen) atoms. The molecule has 4 rings (SSSR count). The van der Waals surface area contributed by atoms with Gasteiger partial charge in [0.05, 0.1) is 17.5 Å². The number of hydrogen-bond acceptors (Lipinski definition) is 5. The summed E-state index contributed by atoms with van der Waals surface area (Å²) < 4.78 is 5.39. The first-order chi connectivity index (χ1) is 12.5. The van der Waals surface area contributed by atoms with Crippen molar-refractivity contribution in [2.45, 2.75) is 26.2 Å². The number of imide groups is 1. The summed E-state index contributed by atoms with van der Waals surface area (Å²) in [4.78, 5) is 39.5. The molecule has 0 radical (unpaired) electrons. The van der Waals surface area contributed by atoms with Crippen LogP contribution in [0.15, 0.2) is 41.8 Å². The first-order valence-electron chi connectivity index (χ1n) is 8.78. The largest absolute Gasteiger partial charge is 0.422 e. The lowest BCUT2D eigenvalue weighted by Gasteiger charge is -2.25. The van der Waals surface area contributed by atoms with Gasteiger partial charge in [-0.2, -0.15) is 0 Å². The molecule has 134 valence electrons. The van der Waals surface area contributed by atoms with E-state index in [1.54, 1.807) is 41.8 Å². The molecule has 5 nitrogen and oxygen atoms in total. The Labute approximate surface area is 155 Å². The van der Waals surface area contributed by atoms with Crippen LogP contribution in [0.1, 0.15) is 35.9 Å². The zero-order valence-corrected chi connectivity index (χ0v) is 15.2. The summed E-state index contributed by atoms with van der Waals surface area (Å²) in [5.41, 5.74) is 0.471. The maximum Gasteiger partial charge on any atom is 0.353 e. The van der Waals surface area contributed by atoms with Gasteiger partial charge in [0.2, 0.25) is 11.8 Å². The van der Waals surface area contributed by atoms with Gasteiger partial charge in [-0.05, 0) is 48.8 Å². The molecule has 0 N–H and O–H groups in total. The van der Waals surface area contributed by atoms with Crippen molar-refractivity contribution in [3.05, 3.63) is 46.7 Å². The molecule has 1 saturated carbocycles. The van der Waals surface area contributed by atoms with E-state index in [4.69, 9.17) is 4.74 Å². The summed E-state index contributed by atoms with van der Waals surface area (Å²) in [5.74, 6) is -0.351. The number of rotatable bonds is 3. The Kier molecular flexibility index (Phi) is 4.36. The molecule has 2 aliphatic rings. The average molecular weight is 369 g/mol. The van der Waals surface area contributed by atoms with Crippen LogP contribution in [0.4, 0.5) is 5.69 Å². The van der Waals surface area contributed by atoms with Gasteiger partial charge in [-0.25, -0.2) is 9.69 Å². The van der Waals surface area contributed by atoms with Gasteiger partial charge < -0.3 is 4.74 Å². The van der Waals surface area contributed by atoms with Crippen molar-refractivity contribution < 1.29 is 19.1 Å². The number of carbonyl (C=O) groups is 3. The predicted octanol–water partition coefficient (Wildman–Crippen LogP) is 3.89. The standard InChI is InChI=1S/C20H19NO4S/c1-12-7-8-15-16(10-12)19(23)21(18(15)22)13-4-2-5-14(11-13)25-20(24)17-6-3-9-26-17/h2-6,9,11-12,15-16H,7-8,10H2,1H3/t12-,15-,16+/m0/s1. The van der Waals surface area contributed by atoms with Gasteiger partial charge in [0.15, 0.2) is 0 Å². The van der Waals surface area contributed by atoms with E-state index in [9.17, 15) is 14.4 Å². The molecule has 2 fully saturated rings. The van der Waals surface area contributed by atoms with E-state index in [1.807, 2.05) is 0 Å². The molecule has 3 atom stereocenters. The van der Waals surface area contributed by atoms with Crippen molar-refractivity contribution >= 4 is 34.8 Å². The third kappa shape index (κ3) is 2.94. The van der Waals surface area contributed by atoms with Crippen molar-refractivity contribution in [1.29, 1.82) is 0 Å². The van der Waals surface area contributed by atoms with Gasteiger partial charge in [-0.1, -0.05) is 19.1 Å².